The molecule has 0 saturated heterocycles. The van der Waals surface area contributed by atoms with Gasteiger partial charge in [0.2, 0.25) is 0 Å². The first-order valence-electron chi connectivity index (χ1n) is 24.8. The summed E-state index contributed by atoms with van der Waals surface area (Å²) < 4.78 is 5.59. The Labute approximate surface area is 367 Å². The third-order valence-corrected chi connectivity index (χ3v) is 22.1. The first-order chi connectivity index (χ1) is 31.0. The highest BCUT2D eigenvalue weighted by Gasteiger charge is 2.78. The van der Waals surface area contributed by atoms with Crippen LogP contribution in [0, 0.1) is 46.3 Å². The summed E-state index contributed by atoms with van der Waals surface area (Å²) in [6.07, 6.45) is 14.7. The van der Waals surface area contributed by atoms with Crippen molar-refractivity contribution in [3.8, 4) is 27.9 Å². The van der Waals surface area contributed by atoms with Crippen LogP contribution >= 0.6 is 0 Å². The number of hydrogen-bond donors (Lipinski definition) is 0. The minimum absolute atomic E-state index is 0.0840. The molecular formula is C60H47BN2. The van der Waals surface area contributed by atoms with E-state index in [1.807, 2.05) is 0 Å². The summed E-state index contributed by atoms with van der Waals surface area (Å²) in [6.45, 7) is 0.0840. The van der Waals surface area contributed by atoms with Gasteiger partial charge >= 0.3 is 6.85 Å². The molecule has 0 radical (unpaired) electrons. The number of para-hydroxylation sites is 1. The number of nitrogens with zero attached hydrogens (tertiary/aromatic N) is 2. The third kappa shape index (κ3) is 3.21. The Balaban J connectivity index is 0.962. The van der Waals surface area contributed by atoms with Crippen LogP contribution in [0.1, 0.15) is 75.3 Å². The van der Waals surface area contributed by atoms with E-state index in [2.05, 4.69) is 136 Å². The molecule has 9 saturated carbocycles. The molecule has 7 atom stereocenters. The molecule has 5 bridgehead atoms. The second kappa shape index (κ2) is 9.75. The Kier molecular flexibility index (Phi) is 4.98. The molecule has 11 aliphatic rings. The lowest BCUT2D eigenvalue weighted by Gasteiger charge is -2.66. The fourth-order valence-electron chi connectivity index (χ4n) is 20.1. The number of aromatic nitrogens is 2. The van der Waals surface area contributed by atoms with Crippen molar-refractivity contribution in [1.82, 2.24) is 9.05 Å². The summed E-state index contributed by atoms with van der Waals surface area (Å²) in [5.74, 6) is 5.95. The predicted octanol–water partition coefficient (Wildman–Crippen LogP) is 12.8. The Morgan fingerprint density at radius 2 is 1.32 bits per heavy atom. The van der Waals surface area contributed by atoms with E-state index in [0.29, 0.717) is 21.7 Å². The molecule has 4 heterocycles. The van der Waals surface area contributed by atoms with Crippen molar-refractivity contribution in [2.75, 3.05) is 0 Å². The van der Waals surface area contributed by atoms with Crippen molar-refractivity contribution in [2.24, 2.45) is 46.3 Å². The minimum Gasteiger partial charge on any atom is -0.375 e. The standard InChI is InChI=1S/C60H47BN2/c1-2-7-32(8-3-1)34-18-46-48-24-37(57-27-40-20-38-21-41(28-57)60(38,40)31-57)23-47-45-22-36(58-26-39-17-35-25-59(39,30-58)49(35)29-58)14-16-51(45)63(55(47)48)61-50-12-6-11-43-44-15-13-33-9-4-5-10-42(33)54(44)62(56(43)50)52(19-34)53(46)61/h1-16,18-19,22-24,35,38-41,49H,17,20-21,25-31H2. The summed E-state index contributed by atoms with van der Waals surface area (Å²) >= 11 is 0. The van der Waals surface area contributed by atoms with Crippen molar-refractivity contribution in [1.29, 1.82) is 0 Å². The molecule has 2 nitrogen and oxygen atoms in total. The van der Waals surface area contributed by atoms with Crippen LogP contribution in [0.2, 0.25) is 0 Å². The summed E-state index contributed by atoms with van der Waals surface area (Å²) in [7, 11) is 0. The van der Waals surface area contributed by atoms with Gasteiger partial charge in [-0.05, 0) is 202 Å². The van der Waals surface area contributed by atoms with Gasteiger partial charge in [-0.25, -0.2) is 0 Å². The van der Waals surface area contributed by atoms with Crippen molar-refractivity contribution >= 4 is 72.2 Å². The van der Waals surface area contributed by atoms with Gasteiger partial charge in [0.15, 0.2) is 0 Å². The van der Waals surface area contributed by atoms with Crippen LogP contribution in [0.15, 0.2) is 127 Å². The van der Waals surface area contributed by atoms with Gasteiger partial charge in [0, 0.05) is 49.2 Å². The second-order valence-electron chi connectivity index (χ2n) is 23.7. The maximum absolute atomic E-state index is 2.88. The van der Waals surface area contributed by atoms with Crippen LogP contribution in [0.25, 0.3) is 82.3 Å². The highest BCUT2D eigenvalue weighted by Crippen LogP contribution is 2.85. The maximum atomic E-state index is 2.88. The molecule has 20 rings (SSSR count). The lowest BCUT2D eigenvalue weighted by molar-refractivity contribution is -0.175. The van der Waals surface area contributed by atoms with E-state index < -0.39 is 0 Å². The predicted molar refractivity (Wildman–Crippen MR) is 258 cm³/mol. The van der Waals surface area contributed by atoms with Gasteiger partial charge < -0.3 is 9.05 Å². The summed E-state index contributed by atoms with van der Waals surface area (Å²) in [5.41, 5.74) is 21.0. The van der Waals surface area contributed by atoms with Crippen molar-refractivity contribution in [3.63, 3.8) is 0 Å². The van der Waals surface area contributed by atoms with E-state index in [1.54, 1.807) is 11.1 Å². The van der Waals surface area contributed by atoms with E-state index in [4.69, 9.17) is 0 Å². The van der Waals surface area contributed by atoms with Gasteiger partial charge in [0.25, 0.3) is 0 Å². The SMILES string of the molecule is c1ccc(-c2cc3c4c(c2)-n2c5c(cccc5c5ccc6ccccc6c52)B4n2c4ccc(C56CC7CC8CC7(C5)C8C6)cc4c4cc(C56CC7CC8CC(C5)C87C6)cc-3c42)cc1. The van der Waals surface area contributed by atoms with E-state index in [9.17, 15) is 0 Å². The van der Waals surface area contributed by atoms with E-state index in [0.717, 1.165) is 35.5 Å². The maximum Gasteiger partial charge on any atom is 0.333 e. The van der Waals surface area contributed by atoms with Crippen molar-refractivity contribution in [3.05, 3.63) is 139 Å². The number of rotatable bonds is 3. The molecule has 2 aliphatic heterocycles. The molecular weight excluding hydrogens is 759 g/mol. The molecule has 2 spiro atoms. The Hall–Kier alpha value is -5.54. The summed E-state index contributed by atoms with van der Waals surface area (Å²) in [5, 5.41) is 8.44. The van der Waals surface area contributed by atoms with Gasteiger partial charge in [-0.15, -0.1) is 0 Å². The topological polar surface area (TPSA) is 9.86 Å². The first kappa shape index (κ1) is 32.2. The van der Waals surface area contributed by atoms with Crippen LogP contribution < -0.4 is 10.9 Å². The molecule has 0 amide bonds. The molecule has 7 unspecified atom stereocenters. The van der Waals surface area contributed by atoms with Crippen LogP contribution in [-0.4, -0.2) is 15.9 Å². The number of fused-ring (bicyclic) bond motifs is 14. The molecule has 0 N–H and O–H groups in total. The Bertz CT molecular complexity index is 3710. The second-order valence-corrected chi connectivity index (χ2v) is 23.7. The zero-order chi connectivity index (χ0) is 40.1. The summed E-state index contributed by atoms with van der Waals surface area (Å²) in [6, 6.07) is 51.3. The molecule has 2 aromatic heterocycles. The third-order valence-electron chi connectivity index (χ3n) is 22.1. The average Bonchev–Trinajstić information content (AvgIpc) is 4.18. The molecule has 7 aromatic carbocycles. The van der Waals surface area contributed by atoms with Gasteiger partial charge in [0.05, 0.1) is 11.0 Å². The highest BCUT2D eigenvalue weighted by atomic mass is 15.0. The smallest absolute Gasteiger partial charge is 0.333 e. The largest absolute Gasteiger partial charge is 0.375 e. The van der Waals surface area contributed by atoms with Gasteiger partial charge in [-0.1, -0.05) is 91.0 Å². The zero-order valence-corrected chi connectivity index (χ0v) is 35.6. The van der Waals surface area contributed by atoms with Gasteiger partial charge in [-0.2, -0.15) is 0 Å². The molecule has 9 aromatic rings. The van der Waals surface area contributed by atoms with E-state index in [1.165, 1.54) is 157 Å². The first-order valence-corrected chi connectivity index (χ1v) is 24.8. The lowest BCUT2D eigenvalue weighted by Crippen LogP contribution is -2.59. The van der Waals surface area contributed by atoms with Crippen LogP contribution in [0.4, 0.5) is 0 Å². The average molecular weight is 807 g/mol. The van der Waals surface area contributed by atoms with Crippen LogP contribution in [-0.2, 0) is 10.8 Å². The lowest BCUT2D eigenvalue weighted by atomic mass is 9.38. The molecule has 63 heavy (non-hydrogen) atoms. The van der Waals surface area contributed by atoms with Gasteiger partial charge in [-0.3, -0.25) is 0 Å². The minimum atomic E-state index is 0.0840. The quantitative estimate of drug-likeness (QED) is 0.157. The molecule has 3 heteroatoms. The van der Waals surface area contributed by atoms with Crippen molar-refractivity contribution in [2.45, 2.75) is 75.0 Å². The summed E-state index contributed by atoms with van der Waals surface area (Å²) in [4.78, 5) is 0. The normalized spacial score (nSPS) is 35.5. The van der Waals surface area contributed by atoms with Crippen LogP contribution in [0.5, 0.6) is 0 Å². The Morgan fingerprint density at radius 1 is 0.508 bits per heavy atom. The zero-order valence-electron chi connectivity index (χ0n) is 35.6. The van der Waals surface area contributed by atoms with E-state index >= 15 is 0 Å². The highest BCUT2D eigenvalue weighted by molar-refractivity contribution is 6.90. The molecule has 300 valence electrons. The van der Waals surface area contributed by atoms with Crippen LogP contribution in [0.3, 0.4) is 0 Å². The molecule has 9 aliphatic carbocycles. The number of hydrogen-bond acceptors (Lipinski definition) is 0. The molecule has 9 fully saturated rings. The van der Waals surface area contributed by atoms with Gasteiger partial charge in [0.1, 0.15) is 0 Å². The van der Waals surface area contributed by atoms with Crippen molar-refractivity contribution < 1.29 is 0 Å². The Morgan fingerprint density at radius 3 is 2.17 bits per heavy atom. The number of benzene rings is 7. The van der Waals surface area contributed by atoms with E-state index in [-0.39, 0.29) is 6.85 Å². The fraction of sp³-hybridized carbons (Fsp3) is 0.333. The monoisotopic (exact) mass is 806 g/mol. The fourth-order valence-corrected chi connectivity index (χ4v) is 20.1.